The lowest BCUT2D eigenvalue weighted by Gasteiger charge is -1.83. The van der Waals surface area contributed by atoms with E-state index in [4.69, 9.17) is 0 Å². The highest BCUT2D eigenvalue weighted by Crippen LogP contribution is 2.18. The molecular formula is C5H3FN2O2S. The van der Waals surface area contributed by atoms with Crippen LogP contribution in [0.5, 0.6) is 0 Å². The Morgan fingerprint density at radius 1 is 1.55 bits per heavy atom. The van der Waals surface area contributed by atoms with E-state index in [0.717, 1.165) is 11.3 Å². The van der Waals surface area contributed by atoms with Gasteiger partial charge in [-0.25, -0.2) is 0 Å². The van der Waals surface area contributed by atoms with Gasteiger partial charge in [0.15, 0.2) is 11.4 Å². The highest BCUT2D eigenvalue weighted by Gasteiger charge is 2.08. The van der Waals surface area contributed by atoms with Crippen LogP contribution >= 0.6 is 11.3 Å². The van der Waals surface area contributed by atoms with Gasteiger partial charge in [-0.2, -0.15) is 9.37 Å². The van der Waals surface area contributed by atoms with Crippen LogP contribution in [0.15, 0.2) is 0 Å². The summed E-state index contributed by atoms with van der Waals surface area (Å²) >= 11 is 0.788. The third kappa shape index (κ3) is 1.58. The minimum Gasteiger partial charge on any atom is -0.305 e. The average molecular weight is 174 g/mol. The number of hydrogen-bond donors (Lipinski definition) is 1. The molecule has 0 atom stereocenters. The number of aldehydes is 1. The van der Waals surface area contributed by atoms with E-state index in [-0.39, 0.29) is 10.0 Å². The summed E-state index contributed by atoms with van der Waals surface area (Å²) < 4.78 is 12.4. The third-order valence-corrected chi connectivity index (χ3v) is 1.79. The summed E-state index contributed by atoms with van der Waals surface area (Å²) in [5.41, 5.74) is 0. The molecule has 0 aliphatic carbocycles. The summed E-state index contributed by atoms with van der Waals surface area (Å²) in [4.78, 5) is 23.0. The standard InChI is InChI=1S/C5H3FN2O2S/c6-4-3(1-9)11-5(8-4)7-2-10/h1-2H,(H,7,8,10). The first kappa shape index (κ1) is 7.80. The Kier molecular flexibility index (Phi) is 2.27. The second-order valence-corrected chi connectivity index (χ2v) is 2.58. The summed E-state index contributed by atoms with van der Waals surface area (Å²) in [5, 5.41) is 2.21. The highest BCUT2D eigenvalue weighted by molar-refractivity contribution is 7.17. The molecule has 0 unspecified atom stereocenters. The summed E-state index contributed by atoms with van der Waals surface area (Å²) in [7, 11) is 0. The maximum absolute atomic E-state index is 12.4. The maximum Gasteiger partial charge on any atom is 0.236 e. The average Bonchev–Trinajstić information content (AvgIpc) is 2.32. The number of nitrogens with zero attached hydrogens (tertiary/aromatic N) is 1. The molecule has 58 valence electrons. The molecule has 0 bridgehead atoms. The molecule has 0 fully saturated rings. The van der Waals surface area contributed by atoms with E-state index in [2.05, 4.69) is 10.3 Å². The molecule has 0 saturated heterocycles. The Balaban J connectivity index is 2.94. The van der Waals surface area contributed by atoms with Gasteiger partial charge in [0.2, 0.25) is 12.4 Å². The Labute approximate surface area is 65.1 Å². The van der Waals surface area contributed by atoms with Crippen molar-refractivity contribution >= 4 is 29.2 Å². The molecular weight excluding hydrogens is 171 g/mol. The fraction of sp³-hybridized carbons (Fsp3) is 0. The highest BCUT2D eigenvalue weighted by atomic mass is 32.1. The Morgan fingerprint density at radius 2 is 2.27 bits per heavy atom. The van der Waals surface area contributed by atoms with E-state index < -0.39 is 5.95 Å². The van der Waals surface area contributed by atoms with Gasteiger partial charge in [-0.05, 0) is 0 Å². The van der Waals surface area contributed by atoms with Crippen molar-refractivity contribution in [1.82, 2.24) is 4.98 Å². The summed E-state index contributed by atoms with van der Waals surface area (Å²) in [6, 6.07) is 0. The van der Waals surface area contributed by atoms with E-state index in [1.165, 1.54) is 0 Å². The SMILES string of the molecule is O=CNc1nc(F)c(C=O)s1. The predicted molar refractivity (Wildman–Crippen MR) is 37.1 cm³/mol. The number of carbonyl (C=O) groups excluding carboxylic acids is 2. The normalized spacial score (nSPS) is 9.18. The van der Waals surface area contributed by atoms with Crippen molar-refractivity contribution in [3.05, 3.63) is 10.8 Å². The molecule has 0 aliphatic rings. The van der Waals surface area contributed by atoms with Gasteiger partial charge in [0.25, 0.3) is 0 Å². The topological polar surface area (TPSA) is 59.1 Å². The molecule has 0 aromatic carbocycles. The number of amides is 1. The minimum atomic E-state index is -0.852. The van der Waals surface area contributed by atoms with Gasteiger partial charge in [0, 0.05) is 0 Å². The van der Waals surface area contributed by atoms with E-state index >= 15 is 0 Å². The summed E-state index contributed by atoms with van der Waals surface area (Å²) in [6.45, 7) is 0. The van der Waals surface area contributed by atoms with Crippen LogP contribution in [0.1, 0.15) is 9.67 Å². The van der Waals surface area contributed by atoms with Crippen molar-refractivity contribution in [3.63, 3.8) is 0 Å². The number of anilines is 1. The van der Waals surface area contributed by atoms with Gasteiger partial charge >= 0.3 is 0 Å². The number of rotatable bonds is 3. The number of hydrogen-bond acceptors (Lipinski definition) is 4. The van der Waals surface area contributed by atoms with Crippen molar-refractivity contribution < 1.29 is 14.0 Å². The zero-order valence-corrected chi connectivity index (χ0v) is 6.02. The molecule has 1 rings (SSSR count). The fourth-order valence-corrected chi connectivity index (χ4v) is 1.12. The lowest BCUT2D eigenvalue weighted by molar-refractivity contribution is -0.105. The molecule has 11 heavy (non-hydrogen) atoms. The quantitative estimate of drug-likeness (QED) is 0.685. The van der Waals surface area contributed by atoms with Crippen molar-refractivity contribution in [2.75, 3.05) is 5.32 Å². The fourth-order valence-electron chi connectivity index (χ4n) is 0.498. The Bertz CT molecular complexity index is 286. The largest absolute Gasteiger partial charge is 0.305 e. The number of thiazole rings is 1. The minimum absolute atomic E-state index is 0.0830. The predicted octanol–water partition coefficient (Wildman–Crippen LogP) is 0.663. The molecule has 4 nitrogen and oxygen atoms in total. The Morgan fingerprint density at radius 3 is 2.73 bits per heavy atom. The smallest absolute Gasteiger partial charge is 0.236 e. The zero-order chi connectivity index (χ0) is 8.27. The van der Waals surface area contributed by atoms with Crippen LogP contribution in [0.25, 0.3) is 0 Å². The molecule has 1 aromatic heterocycles. The first-order chi connectivity index (χ1) is 5.27. The maximum atomic E-state index is 12.4. The first-order valence-electron chi connectivity index (χ1n) is 2.59. The molecule has 1 amide bonds. The number of carbonyl (C=O) groups is 2. The zero-order valence-electron chi connectivity index (χ0n) is 5.20. The second-order valence-electron chi connectivity index (χ2n) is 1.55. The van der Waals surface area contributed by atoms with Gasteiger partial charge < -0.3 is 5.32 Å². The van der Waals surface area contributed by atoms with Gasteiger partial charge in [0.1, 0.15) is 4.88 Å². The molecule has 0 aliphatic heterocycles. The van der Waals surface area contributed by atoms with Crippen LogP contribution in [0, 0.1) is 5.95 Å². The van der Waals surface area contributed by atoms with Crippen LogP contribution < -0.4 is 5.32 Å². The van der Waals surface area contributed by atoms with Crippen LogP contribution in [-0.2, 0) is 4.79 Å². The van der Waals surface area contributed by atoms with Crippen LogP contribution in [0.3, 0.4) is 0 Å². The molecule has 0 saturated carbocycles. The Hall–Kier alpha value is -1.30. The van der Waals surface area contributed by atoms with Gasteiger partial charge in [-0.15, -0.1) is 0 Å². The van der Waals surface area contributed by atoms with Crippen LogP contribution in [0.4, 0.5) is 9.52 Å². The monoisotopic (exact) mass is 174 g/mol. The lowest BCUT2D eigenvalue weighted by Crippen LogP contribution is -1.91. The van der Waals surface area contributed by atoms with E-state index in [1.54, 1.807) is 0 Å². The van der Waals surface area contributed by atoms with E-state index in [9.17, 15) is 14.0 Å². The van der Waals surface area contributed by atoms with Crippen molar-refractivity contribution in [2.45, 2.75) is 0 Å². The van der Waals surface area contributed by atoms with Crippen molar-refractivity contribution in [1.29, 1.82) is 0 Å². The van der Waals surface area contributed by atoms with Crippen molar-refractivity contribution in [2.24, 2.45) is 0 Å². The summed E-state index contributed by atoms with van der Waals surface area (Å²) in [5.74, 6) is -0.852. The first-order valence-corrected chi connectivity index (χ1v) is 3.41. The van der Waals surface area contributed by atoms with E-state index in [1.807, 2.05) is 0 Å². The summed E-state index contributed by atoms with van der Waals surface area (Å²) in [6.07, 6.45) is 0.718. The lowest BCUT2D eigenvalue weighted by atomic mass is 10.6. The van der Waals surface area contributed by atoms with Gasteiger partial charge in [-0.1, -0.05) is 11.3 Å². The molecule has 1 aromatic rings. The van der Waals surface area contributed by atoms with E-state index in [0.29, 0.717) is 12.7 Å². The van der Waals surface area contributed by atoms with Crippen LogP contribution in [-0.4, -0.2) is 17.7 Å². The number of nitrogens with one attached hydrogen (secondary N) is 1. The molecule has 1 N–H and O–H groups in total. The molecule has 0 spiro atoms. The molecule has 1 heterocycles. The second kappa shape index (κ2) is 3.20. The third-order valence-electron chi connectivity index (χ3n) is 0.899. The number of halogens is 1. The van der Waals surface area contributed by atoms with Gasteiger partial charge in [0.05, 0.1) is 0 Å². The molecule has 0 radical (unpaired) electrons. The van der Waals surface area contributed by atoms with Crippen molar-refractivity contribution in [3.8, 4) is 0 Å². The molecule has 6 heteroatoms. The van der Waals surface area contributed by atoms with Gasteiger partial charge in [-0.3, -0.25) is 9.59 Å². The van der Waals surface area contributed by atoms with Crippen LogP contribution in [0.2, 0.25) is 0 Å². The number of aromatic nitrogens is 1.